The molecule has 70 valence electrons. The fourth-order valence-electron chi connectivity index (χ4n) is 1.52. The Morgan fingerprint density at radius 1 is 1.15 bits per heavy atom. The predicted molar refractivity (Wildman–Crippen MR) is 50.4 cm³/mol. The second-order valence-corrected chi connectivity index (χ2v) is 3.58. The lowest BCUT2D eigenvalue weighted by Crippen LogP contribution is -2.29. The monoisotopic (exact) mass is 178 g/mol. The Labute approximate surface area is 78.2 Å². The molecule has 13 heavy (non-hydrogen) atoms. The fourth-order valence-corrected chi connectivity index (χ4v) is 1.52. The van der Waals surface area contributed by atoms with E-state index in [0.29, 0.717) is 5.92 Å². The van der Waals surface area contributed by atoms with E-state index in [1.54, 1.807) is 0 Å². The van der Waals surface area contributed by atoms with E-state index in [-0.39, 0.29) is 6.61 Å². The van der Waals surface area contributed by atoms with Crippen LogP contribution in [0.4, 0.5) is 0 Å². The highest BCUT2D eigenvalue weighted by Gasteiger charge is 2.18. The number of rotatable bonds is 3. The van der Waals surface area contributed by atoms with E-state index in [1.807, 2.05) is 12.1 Å². The molecule has 0 aliphatic carbocycles. The van der Waals surface area contributed by atoms with Gasteiger partial charge >= 0.3 is 0 Å². The van der Waals surface area contributed by atoms with Crippen LogP contribution in [0.15, 0.2) is 24.3 Å². The molecule has 1 heterocycles. The van der Waals surface area contributed by atoms with Crippen LogP contribution >= 0.6 is 0 Å². The molecule has 2 rings (SSSR count). The lowest BCUT2D eigenvalue weighted by molar-refractivity contribution is -0.0312. The molecule has 2 heteroatoms. The lowest BCUT2D eigenvalue weighted by atomic mass is 9.97. The van der Waals surface area contributed by atoms with Gasteiger partial charge in [-0.1, -0.05) is 24.3 Å². The van der Waals surface area contributed by atoms with Crippen molar-refractivity contribution in [3.05, 3.63) is 35.4 Å². The van der Waals surface area contributed by atoms with Gasteiger partial charge < -0.3 is 9.84 Å². The maximum atomic E-state index is 8.85. The largest absolute Gasteiger partial charge is 0.392 e. The highest BCUT2D eigenvalue weighted by molar-refractivity contribution is 5.22. The summed E-state index contributed by atoms with van der Waals surface area (Å²) in [6.45, 7) is 1.94. The van der Waals surface area contributed by atoms with Gasteiger partial charge in [0.2, 0.25) is 0 Å². The van der Waals surface area contributed by atoms with Gasteiger partial charge in [0.25, 0.3) is 0 Å². The zero-order valence-electron chi connectivity index (χ0n) is 7.57. The Morgan fingerprint density at radius 3 is 2.23 bits per heavy atom. The Hall–Kier alpha value is -0.860. The Morgan fingerprint density at radius 2 is 1.77 bits per heavy atom. The van der Waals surface area contributed by atoms with Gasteiger partial charge in [0.05, 0.1) is 19.8 Å². The van der Waals surface area contributed by atoms with Crippen molar-refractivity contribution in [2.24, 2.45) is 5.92 Å². The Kier molecular flexibility index (Phi) is 2.62. The first kappa shape index (κ1) is 8.73. The molecule has 1 aromatic carbocycles. The average molecular weight is 178 g/mol. The zero-order valence-corrected chi connectivity index (χ0v) is 7.57. The van der Waals surface area contributed by atoms with Crippen molar-refractivity contribution >= 4 is 0 Å². The van der Waals surface area contributed by atoms with E-state index in [1.165, 1.54) is 5.56 Å². The van der Waals surface area contributed by atoms with E-state index < -0.39 is 0 Å². The Balaban J connectivity index is 1.96. The van der Waals surface area contributed by atoms with E-state index in [9.17, 15) is 0 Å². The van der Waals surface area contributed by atoms with Crippen molar-refractivity contribution in [1.82, 2.24) is 0 Å². The van der Waals surface area contributed by atoms with Crippen LogP contribution in [0.5, 0.6) is 0 Å². The molecule has 0 spiro atoms. The number of aliphatic hydroxyl groups excluding tert-OH is 1. The number of aliphatic hydroxyl groups is 1. The quantitative estimate of drug-likeness (QED) is 0.757. The first-order chi connectivity index (χ1) is 6.38. The van der Waals surface area contributed by atoms with Gasteiger partial charge in [0.15, 0.2) is 0 Å². The summed E-state index contributed by atoms with van der Waals surface area (Å²) in [6, 6.07) is 8.14. The molecule has 1 saturated heterocycles. The van der Waals surface area contributed by atoms with Gasteiger partial charge in [-0.25, -0.2) is 0 Å². The number of benzene rings is 1. The van der Waals surface area contributed by atoms with Crippen molar-refractivity contribution in [2.45, 2.75) is 13.0 Å². The predicted octanol–water partition coefficient (Wildman–Crippen LogP) is 1.37. The number of hydrogen-bond donors (Lipinski definition) is 1. The second kappa shape index (κ2) is 3.90. The molecule has 0 radical (unpaired) electrons. The van der Waals surface area contributed by atoms with Crippen molar-refractivity contribution in [2.75, 3.05) is 13.2 Å². The third-order valence-electron chi connectivity index (χ3n) is 2.44. The molecular weight excluding hydrogens is 164 g/mol. The molecule has 1 aliphatic heterocycles. The molecule has 1 aliphatic rings. The summed E-state index contributed by atoms with van der Waals surface area (Å²) in [5, 5.41) is 8.85. The normalized spacial score (nSPS) is 17.0. The van der Waals surface area contributed by atoms with Gasteiger partial charge in [-0.15, -0.1) is 0 Å². The SMILES string of the molecule is OCc1ccc(CC2COC2)cc1. The second-order valence-electron chi connectivity index (χ2n) is 3.58. The van der Waals surface area contributed by atoms with Gasteiger partial charge in [0, 0.05) is 5.92 Å². The fraction of sp³-hybridized carbons (Fsp3) is 0.455. The summed E-state index contributed by atoms with van der Waals surface area (Å²) in [6.07, 6.45) is 1.10. The van der Waals surface area contributed by atoms with Gasteiger partial charge in [0.1, 0.15) is 0 Å². The van der Waals surface area contributed by atoms with Crippen LogP contribution in [0.2, 0.25) is 0 Å². The minimum Gasteiger partial charge on any atom is -0.392 e. The summed E-state index contributed by atoms with van der Waals surface area (Å²) < 4.78 is 5.11. The van der Waals surface area contributed by atoms with Crippen LogP contribution in [-0.2, 0) is 17.8 Å². The van der Waals surface area contributed by atoms with Crippen LogP contribution in [0, 0.1) is 5.92 Å². The summed E-state index contributed by atoms with van der Waals surface area (Å²) in [5.41, 5.74) is 2.32. The van der Waals surface area contributed by atoms with Crippen molar-refractivity contribution in [3.63, 3.8) is 0 Å². The standard InChI is InChI=1S/C11H14O2/c12-6-10-3-1-9(2-4-10)5-11-7-13-8-11/h1-4,11-12H,5-8H2. The summed E-state index contributed by atoms with van der Waals surface area (Å²) in [7, 11) is 0. The van der Waals surface area contributed by atoms with E-state index in [2.05, 4.69) is 12.1 Å². The van der Waals surface area contributed by atoms with E-state index in [0.717, 1.165) is 25.2 Å². The van der Waals surface area contributed by atoms with Crippen molar-refractivity contribution in [1.29, 1.82) is 0 Å². The maximum absolute atomic E-state index is 8.85. The van der Waals surface area contributed by atoms with Crippen LogP contribution < -0.4 is 0 Å². The minimum absolute atomic E-state index is 0.132. The molecule has 0 amide bonds. The molecule has 0 saturated carbocycles. The van der Waals surface area contributed by atoms with Crippen LogP contribution in [0.3, 0.4) is 0 Å². The first-order valence-electron chi connectivity index (χ1n) is 4.65. The summed E-state index contributed by atoms with van der Waals surface area (Å²) in [4.78, 5) is 0. The van der Waals surface area contributed by atoms with Crippen LogP contribution in [-0.4, -0.2) is 18.3 Å². The average Bonchev–Trinajstić information content (AvgIpc) is 2.12. The number of hydrogen-bond acceptors (Lipinski definition) is 2. The molecule has 1 fully saturated rings. The lowest BCUT2D eigenvalue weighted by Gasteiger charge is -2.25. The number of ether oxygens (including phenoxy) is 1. The van der Waals surface area contributed by atoms with Crippen molar-refractivity contribution in [3.8, 4) is 0 Å². The molecule has 1 N–H and O–H groups in total. The molecule has 0 atom stereocenters. The highest BCUT2D eigenvalue weighted by atomic mass is 16.5. The first-order valence-corrected chi connectivity index (χ1v) is 4.65. The van der Waals surface area contributed by atoms with Gasteiger partial charge in [-0.2, -0.15) is 0 Å². The molecule has 0 unspecified atom stereocenters. The molecule has 2 nitrogen and oxygen atoms in total. The third kappa shape index (κ3) is 2.08. The summed E-state index contributed by atoms with van der Waals surface area (Å²) in [5.74, 6) is 0.708. The minimum atomic E-state index is 0.132. The Bertz CT molecular complexity index is 262. The van der Waals surface area contributed by atoms with Crippen LogP contribution in [0.25, 0.3) is 0 Å². The third-order valence-corrected chi connectivity index (χ3v) is 2.44. The van der Waals surface area contributed by atoms with Gasteiger partial charge in [-0.3, -0.25) is 0 Å². The van der Waals surface area contributed by atoms with E-state index >= 15 is 0 Å². The molecule has 0 aromatic heterocycles. The molecule has 1 aromatic rings. The molecular formula is C11H14O2. The smallest absolute Gasteiger partial charge is 0.0681 e. The van der Waals surface area contributed by atoms with Gasteiger partial charge in [-0.05, 0) is 17.5 Å². The zero-order chi connectivity index (χ0) is 9.10. The van der Waals surface area contributed by atoms with Crippen LogP contribution in [0.1, 0.15) is 11.1 Å². The topological polar surface area (TPSA) is 29.5 Å². The summed E-state index contributed by atoms with van der Waals surface area (Å²) >= 11 is 0. The molecule has 0 bridgehead atoms. The highest BCUT2D eigenvalue weighted by Crippen LogP contribution is 2.16. The van der Waals surface area contributed by atoms with E-state index in [4.69, 9.17) is 9.84 Å². The maximum Gasteiger partial charge on any atom is 0.0681 e. The van der Waals surface area contributed by atoms with Crippen molar-refractivity contribution < 1.29 is 9.84 Å².